The Labute approximate surface area is 412 Å². The first-order valence-corrected chi connectivity index (χ1v) is 23.5. The van der Waals surface area contributed by atoms with Gasteiger partial charge in [0.2, 0.25) is 11.5 Å². The molecule has 0 aromatic heterocycles. The zero-order valence-corrected chi connectivity index (χ0v) is 43.0. The molecule has 4 atom stereocenters. The molecule has 2 heterocycles. The number of likely N-dealkylation sites (N-methyl/N-ethyl adjacent to an activating group) is 2. The van der Waals surface area contributed by atoms with Crippen LogP contribution in [-0.4, -0.2) is 145 Å². The normalized spacial score (nSPS) is 19.3. The number of carbonyl (C=O) groups excluding carboxylic acids is 2. The third kappa shape index (κ3) is 11.6. The van der Waals surface area contributed by atoms with Crippen LogP contribution in [0.5, 0.6) is 57.5 Å². The summed E-state index contributed by atoms with van der Waals surface area (Å²) < 4.78 is 69.8. The summed E-state index contributed by atoms with van der Waals surface area (Å²) in [5.74, 6) is 4.92. The average molecular weight is 973 g/mol. The third-order valence-electron chi connectivity index (χ3n) is 14.1. The predicted molar refractivity (Wildman–Crippen MR) is 264 cm³/mol. The van der Waals surface area contributed by atoms with Gasteiger partial charge in [0.1, 0.15) is 12.1 Å². The summed E-state index contributed by atoms with van der Waals surface area (Å²) in [7, 11) is 20.7. The summed E-state index contributed by atoms with van der Waals surface area (Å²) in [4.78, 5) is 25.8. The molecule has 0 amide bonds. The summed E-state index contributed by atoms with van der Waals surface area (Å²) in [6.07, 6.45) is 6.36. The maximum atomic E-state index is 12.9. The predicted octanol–water partition coefficient (Wildman–Crippen LogP) is 7.47. The Hall–Kier alpha value is -6.52. The fraction of sp³-hybridized carbons (Fsp3) is 0.481. The average Bonchev–Trinajstić information content (AvgIpc) is 3.38. The van der Waals surface area contributed by atoms with Gasteiger partial charge in [0.25, 0.3) is 0 Å². The van der Waals surface area contributed by atoms with Gasteiger partial charge in [0.05, 0.1) is 130 Å². The molecule has 6 rings (SSSR count). The quantitative estimate of drug-likeness (QED) is 0.0296. The Morgan fingerprint density at radius 3 is 1.46 bits per heavy atom. The standard InChI is InChI=1S/C54H72N2O14/c1-55(23-19-37-32-44(61-5)45(62-6)34-39(37)40(55)28-36-30-46(63-7)52(66-10)47(31-36)64-8)21-13-25-69-49(57)17-18-50(58)70-26-14-22-56(2)24-20-38-33-48(65-9)53(67-11)54(68-12)51(38)41(56)27-35-15-16-42(59-3)43(29-35)60-4/h15-18,29-34,40-41H,13-14,19-28H2,1-12H3/q+2. The number of quaternary nitrogens is 2. The van der Waals surface area contributed by atoms with Crippen molar-refractivity contribution in [3.63, 3.8) is 0 Å². The van der Waals surface area contributed by atoms with Gasteiger partial charge in [-0.05, 0) is 64.7 Å². The van der Waals surface area contributed by atoms with Crippen molar-refractivity contribution in [1.29, 1.82) is 0 Å². The zero-order chi connectivity index (χ0) is 50.6. The first kappa shape index (κ1) is 52.8. The molecule has 0 spiro atoms. The van der Waals surface area contributed by atoms with E-state index in [1.54, 1.807) is 71.1 Å². The highest BCUT2D eigenvalue weighted by molar-refractivity contribution is 5.91. The maximum Gasteiger partial charge on any atom is 0.331 e. The number of hydrogen-bond donors (Lipinski definition) is 0. The molecule has 2 aliphatic rings. The molecular weight excluding hydrogens is 901 g/mol. The lowest BCUT2D eigenvalue weighted by Gasteiger charge is -2.46. The van der Waals surface area contributed by atoms with Gasteiger partial charge in [-0.25, -0.2) is 9.59 Å². The van der Waals surface area contributed by atoms with Gasteiger partial charge < -0.3 is 65.8 Å². The summed E-state index contributed by atoms with van der Waals surface area (Å²) in [6, 6.07) is 16.1. The van der Waals surface area contributed by atoms with Crippen molar-refractivity contribution >= 4 is 11.9 Å². The lowest BCUT2D eigenvalue weighted by Crippen LogP contribution is -2.52. The van der Waals surface area contributed by atoms with Crippen molar-refractivity contribution in [2.45, 2.75) is 50.6 Å². The van der Waals surface area contributed by atoms with Gasteiger partial charge in [0.15, 0.2) is 46.0 Å². The Morgan fingerprint density at radius 2 is 0.929 bits per heavy atom. The van der Waals surface area contributed by atoms with E-state index >= 15 is 0 Å². The number of benzene rings is 4. The van der Waals surface area contributed by atoms with E-state index in [4.69, 9.17) is 56.8 Å². The molecule has 16 nitrogen and oxygen atoms in total. The number of carbonyl (C=O) groups is 2. The molecule has 2 aliphatic heterocycles. The van der Waals surface area contributed by atoms with Crippen molar-refractivity contribution in [2.24, 2.45) is 0 Å². The van der Waals surface area contributed by atoms with Gasteiger partial charge in [-0.3, -0.25) is 0 Å². The summed E-state index contributed by atoms with van der Waals surface area (Å²) in [6.45, 7) is 3.43. The van der Waals surface area contributed by atoms with Gasteiger partial charge in [-0.2, -0.15) is 0 Å². The highest BCUT2D eigenvalue weighted by Gasteiger charge is 2.43. The highest BCUT2D eigenvalue weighted by Crippen LogP contribution is 2.51. The minimum atomic E-state index is -0.615. The van der Waals surface area contributed by atoms with Crippen LogP contribution in [0.25, 0.3) is 0 Å². The minimum Gasteiger partial charge on any atom is -0.493 e. The molecule has 70 heavy (non-hydrogen) atoms. The van der Waals surface area contributed by atoms with Crippen molar-refractivity contribution in [2.75, 3.05) is 125 Å². The lowest BCUT2D eigenvalue weighted by molar-refractivity contribution is -0.941. The first-order chi connectivity index (χ1) is 33.8. The van der Waals surface area contributed by atoms with Crippen molar-refractivity contribution in [3.8, 4) is 57.5 Å². The van der Waals surface area contributed by atoms with Crippen molar-refractivity contribution in [3.05, 3.63) is 94.1 Å². The zero-order valence-electron chi connectivity index (χ0n) is 43.0. The minimum absolute atomic E-state index is 0.00552. The van der Waals surface area contributed by atoms with E-state index in [0.717, 1.165) is 65.9 Å². The molecule has 0 bridgehead atoms. The molecule has 4 unspecified atom stereocenters. The fourth-order valence-corrected chi connectivity index (χ4v) is 10.3. The number of hydrogen-bond acceptors (Lipinski definition) is 14. The summed E-state index contributed by atoms with van der Waals surface area (Å²) in [5, 5.41) is 0. The van der Waals surface area contributed by atoms with Gasteiger partial charge >= 0.3 is 11.9 Å². The molecular formula is C54H72N2O14+2. The molecule has 4 aromatic carbocycles. The monoisotopic (exact) mass is 972 g/mol. The second-order valence-corrected chi connectivity index (χ2v) is 18.0. The van der Waals surface area contributed by atoms with E-state index in [1.807, 2.05) is 36.4 Å². The van der Waals surface area contributed by atoms with Gasteiger partial charge in [0, 0.05) is 56.2 Å². The van der Waals surface area contributed by atoms with E-state index < -0.39 is 11.9 Å². The SMILES string of the molecule is COc1ccc(CC2c3c(cc(OC)c(OC)c3OC)CC[N+]2(C)CCCOC(=O)C=CC(=O)OCCC[N+]2(C)CCc3cc(OC)c(OC)cc3C2Cc2cc(OC)c(OC)c(OC)c2)cc1OC. The number of rotatable bonds is 24. The molecule has 0 aliphatic carbocycles. The lowest BCUT2D eigenvalue weighted by atomic mass is 9.85. The Kier molecular flexibility index (Phi) is 18.0. The topological polar surface area (TPSA) is 145 Å². The second kappa shape index (κ2) is 23.9. The highest BCUT2D eigenvalue weighted by atomic mass is 16.6. The first-order valence-electron chi connectivity index (χ1n) is 23.5. The molecule has 16 heteroatoms. The fourth-order valence-electron chi connectivity index (χ4n) is 10.3. The number of fused-ring (bicyclic) bond motifs is 2. The van der Waals surface area contributed by atoms with Crippen LogP contribution in [0.1, 0.15) is 58.3 Å². The number of methoxy groups -OCH3 is 10. The summed E-state index contributed by atoms with van der Waals surface area (Å²) >= 11 is 0. The van der Waals surface area contributed by atoms with Crippen LogP contribution in [0.2, 0.25) is 0 Å². The maximum absolute atomic E-state index is 12.9. The van der Waals surface area contributed by atoms with Crippen LogP contribution >= 0.6 is 0 Å². The smallest absolute Gasteiger partial charge is 0.331 e. The molecule has 0 radical (unpaired) electrons. The molecule has 380 valence electrons. The van der Waals surface area contributed by atoms with E-state index in [9.17, 15) is 9.59 Å². The van der Waals surface area contributed by atoms with Crippen LogP contribution in [0.15, 0.2) is 60.7 Å². The number of esters is 2. The van der Waals surface area contributed by atoms with E-state index in [0.29, 0.717) is 105 Å². The molecule has 0 N–H and O–H groups in total. The third-order valence-corrected chi connectivity index (χ3v) is 14.1. The number of ether oxygens (including phenoxy) is 12. The van der Waals surface area contributed by atoms with E-state index in [-0.39, 0.29) is 25.3 Å². The van der Waals surface area contributed by atoms with Crippen LogP contribution in [-0.2, 0) is 44.7 Å². The van der Waals surface area contributed by atoms with Gasteiger partial charge in [-0.15, -0.1) is 0 Å². The summed E-state index contributed by atoms with van der Waals surface area (Å²) in [5.41, 5.74) is 6.61. The molecule has 0 saturated carbocycles. The van der Waals surface area contributed by atoms with E-state index in [1.165, 1.54) is 5.56 Å². The molecule has 0 saturated heterocycles. The Bertz CT molecular complexity index is 2470. The largest absolute Gasteiger partial charge is 0.493 e. The van der Waals surface area contributed by atoms with Crippen LogP contribution < -0.4 is 47.4 Å². The van der Waals surface area contributed by atoms with Crippen LogP contribution in [0, 0.1) is 0 Å². The Morgan fingerprint density at radius 1 is 0.486 bits per heavy atom. The van der Waals surface area contributed by atoms with Crippen LogP contribution in [0.4, 0.5) is 0 Å². The van der Waals surface area contributed by atoms with Gasteiger partial charge in [-0.1, -0.05) is 6.07 Å². The van der Waals surface area contributed by atoms with Crippen molar-refractivity contribution in [1.82, 2.24) is 0 Å². The van der Waals surface area contributed by atoms with E-state index in [2.05, 4.69) is 26.2 Å². The van der Waals surface area contributed by atoms with Crippen molar-refractivity contribution < 1.29 is 75.4 Å². The Balaban J connectivity index is 1.07. The number of nitrogens with zero attached hydrogens (tertiary/aromatic N) is 2. The molecule has 4 aromatic rings. The molecule has 0 fully saturated rings. The second-order valence-electron chi connectivity index (χ2n) is 18.0. The van der Waals surface area contributed by atoms with Crippen LogP contribution in [0.3, 0.4) is 0 Å².